The van der Waals surface area contributed by atoms with Gasteiger partial charge in [0.15, 0.2) is 0 Å². The Morgan fingerprint density at radius 2 is 1.94 bits per heavy atom. The van der Waals surface area contributed by atoms with Gasteiger partial charge in [-0.15, -0.1) is 0 Å². The van der Waals surface area contributed by atoms with Gasteiger partial charge in [-0.3, -0.25) is 4.79 Å². The van der Waals surface area contributed by atoms with Gasteiger partial charge in [0.05, 0.1) is 6.10 Å². The number of rotatable bonds is 3. The van der Waals surface area contributed by atoms with Gasteiger partial charge in [-0.05, 0) is 12.0 Å². The Balaban J connectivity index is 2.01. The molecule has 1 aromatic carbocycles. The molecule has 0 bridgehead atoms. The molecular weight excluding hydrogens is 214 g/mol. The predicted octanol–water partition coefficient (Wildman–Crippen LogP) is 1.46. The fraction of sp³-hybridized carbons (Fsp3) is 0.500. The van der Waals surface area contributed by atoms with Crippen molar-refractivity contribution in [1.29, 1.82) is 0 Å². The first-order chi connectivity index (χ1) is 7.99. The fourth-order valence-electron chi connectivity index (χ4n) is 2.23. The SMILES string of the molecule is CC(C)(Cc1ccccc1)C(=O)N1CC(O)C1. The van der Waals surface area contributed by atoms with Crippen molar-refractivity contribution in [2.24, 2.45) is 5.41 Å². The average Bonchev–Trinajstić information content (AvgIpc) is 2.24. The highest BCUT2D eigenvalue weighted by atomic mass is 16.3. The highest BCUT2D eigenvalue weighted by Crippen LogP contribution is 2.26. The number of carbonyl (C=O) groups is 1. The molecule has 0 atom stereocenters. The van der Waals surface area contributed by atoms with E-state index in [-0.39, 0.29) is 12.0 Å². The number of benzene rings is 1. The number of hydrogen-bond donors (Lipinski definition) is 1. The molecule has 17 heavy (non-hydrogen) atoms. The lowest BCUT2D eigenvalue weighted by Gasteiger charge is -2.40. The molecule has 1 N–H and O–H groups in total. The Hall–Kier alpha value is -1.35. The third-order valence-corrected chi connectivity index (χ3v) is 3.22. The lowest BCUT2D eigenvalue weighted by Crippen LogP contribution is -2.57. The molecule has 0 unspecified atom stereocenters. The summed E-state index contributed by atoms with van der Waals surface area (Å²) in [5.74, 6) is 0.131. The van der Waals surface area contributed by atoms with Crippen molar-refractivity contribution in [2.45, 2.75) is 26.4 Å². The zero-order chi connectivity index (χ0) is 12.5. The van der Waals surface area contributed by atoms with Gasteiger partial charge in [-0.2, -0.15) is 0 Å². The van der Waals surface area contributed by atoms with E-state index in [0.29, 0.717) is 13.1 Å². The summed E-state index contributed by atoms with van der Waals surface area (Å²) in [7, 11) is 0. The number of hydrogen-bond acceptors (Lipinski definition) is 2. The van der Waals surface area contributed by atoms with E-state index in [2.05, 4.69) is 0 Å². The molecule has 2 rings (SSSR count). The van der Waals surface area contributed by atoms with Gasteiger partial charge >= 0.3 is 0 Å². The number of likely N-dealkylation sites (tertiary alicyclic amines) is 1. The first kappa shape index (κ1) is 12.1. The van der Waals surface area contributed by atoms with E-state index in [9.17, 15) is 9.90 Å². The van der Waals surface area contributed by atoms with Gasteiger partial charge in [0.2, 0.25) is 5.91 Å². The van der Waals surface area contributed by atoms with Crippen LogP contribution in [0.25, 0.3) is 0 Å². The molecule has 1 heterocycles. The van der Waals surface area contributed by atoms with Gasteiger partial charge in [-0.25, -0.2) is 0 Å². The summed E-state index contributed by atoms with van der Waals surface area (Å²) >= 11 is 0. The molecule has 3 nitrogen and oxygen atoms in total. The van der Waals surface area contributed by atoms with Gasteiger partial charge in [0, 0.05) is 18.5 Å². The number of carbonyl (C=O) groups excluding carboxylic acids is 1. The van der Waals surface area contributed by atoms with Crippen LogP contribution in [0.5, 0.6) is 0 Å². The maximum atomic E-state index is 12.2. The Labute approximate surface area is 102 Å². The maximum absolute atomic E-state index is 12.2. The molecule has 1 aliphatic rings. The summed E-state index contributed by atoms with van der Waals surface area (Å²) in [5.41, 5.74) is 0.772. The summed E-state index contributed by atoms with van der Waals surface area (Å²) in [4.78, 5) is 13.9. The van der Waals surface area contributed by atoms with E-state index in [1.54, 1.807) is 4.90 Å². The van der Waals surface area contributed by atoms with Crippen molar-refractivity contribution in [2.75, 3.05) is 13.1 Å². The molecule has 92 valence electrons. The quantitative estimate of drug-likeness (QED) is 0.858. The molecule has 1 saturated heterocycles. The van der Waals surface area contributed by atoms with Crippen LogP contribution >= 0.6 is 0 Å². The lowest BCUT2D eigenvalue weighted by atomic mass is 9.83. The predicted molar refractivity (Wildman–Crippen MR) is 66.5 cm³/mol. The molecule has 0 aromatic heterocycles. The van der Waals surface area contributed by atoms with Crippen molar-refractivity contribution in [3.8, 4) is 0 Å². The largest absolute Gasteiger partial charge is 0.389 e. The average molecular weight is 233 g/mol. The fourth-order valence-corrected chi connectivity index (χ4v) is 2.23. The summed E-state index contributed by atoms with van der Waals surface area (Å²) in [6.07, 6.45) is 0.408. The molecule has 3 heteroatoms. The van der Waals surface area contributed by atoms with Crippen LogP contribution < -0.4 is 0 Å². The molecule has 1 amide bonds. The Kier molecular flexibility index (Phi) is 3.20. The smallest absolute Gasteiger partial charge is 0.228 e. The second-order valence-corrected chi connectivity index (χ2v) is 5.41. The van der Waals surface area contributed by atoms with Crippen LogP contribution in [0.1, 0.15) is 19.4 Å². The summed E-state index contributed by atoms with van der Waals surface area (Å²) in [5, 5.41) is 9.23. The van der Waals surface area contributed by atoms with Crippen LogP contribution in [0.2, 0.25) is 0 Å². The van der Waals surface area contributed by atoms with Gasteiger partial charge in [0.1, 0.15) is 0 Å². The molecular formula is C14H19NO2. The molecule has 0 aliphatic carbocycles. The van der Waals surface area contributed by atoms with E-state index < -0.39 is 5.41 Å². The van der Waals surface area contributed by atoms with E-state index in [4.69, 9.17) is 0 Å². The zero-order valence-electron chi connectivity index (χ0n) is 10.4. The monoisotopic (exact) mass is 233 g/mol. The summed E-state index contributed by atoms with van der Waals surface area (Å²) in [6.45, 7) is 4.90. The van der Waals surface area contributed by atoms with E-state index in [1.165, 1.54) is 5.56 Å². The van der Waals surface area contributed by atoms with Crippen LogP contribution in [0.15, 0.2) is 30.3 Å². The van der Waals surface area contributed by atoms with E-state index in [1.807, 2.05) is 44.2 Å². The molecule has 1 fully saturated rings. The minimum Gasteiger partial charge on any atom is -0.389 e. The van der Waals surface area contributed by atoms with E-state index in [0.717, 1.165) is 6.42 Å². The third-order valence-electron chi connectivity index (χ3n) is 3.22. The van der Waals surface area contributed by atoms with Crippen molar-refractivity contribution < 1.29 is 9.90 Å². The van der Waals surface area contributed by atoms with Crippen LogP contribution in [-0.2, 0) is 11.2 Å². The Morgan fingerprint density at radius 1 is 1.35 bits per heavy atom. The Morgan fingerprint density at radius 3 is 2.47 bits per heavy atom. The number of amides is 1. The zero-order valence-corrected chi connectivity index (χ0v) is 10.4. The first-order valence-electron chi connectivity index (χ1n) is 6.00. The Bertz CT molecular complexity index is 394. The van der Waals surface area contributed by atoms with Crippen molar-refractivity contribution in [3.05, 3.63) is 35.9 Å². The van der Waals surface area contributed by atoms with Crippen LogP contribution in [-0.4, -0.2) is 35.1 Å². The van der Waals surface area contributed by atoms with Crippen LogP contribution in [0.3, 0.4) is 0 Å². The minimum absolute atomic E-state index is 0.131. The highest BCUT2D eigenvalue weighted by molar-refractivity contribution is 5.83. The van der Waals surface area contributed by atoms with Crippen molar-refractivity contribution in [3.63, 3.8) is 0 Å². The van der Waals surface area contributed by atoms with E-state index >= 15 is 0 Å². The summed E-state index contributed by atoms with van der Waals surface area (Å²) < 4.78 is 0. The second kappa shape index (κ2) is 4.49. The third kappa shape index (κ3) is 2.67. The minimum atomic E-state index is -0.401. The molecule has 0 radical (unpaired) electrons. The standard InChI is InChI=1S/C14H19NO2/c1-14(2,8-11-6-4-3-5-7-11)13(17)15-9-12(16)10-15/h3-7,12,16H,8-10H2,1-2H3. The van der Waals surface area contributed by atoms with Gasteiger partial charge in [0.25, 0.3) is 0 Å². The maximum Gasteiger partial charge on any atom is 0.228 e. The number of nitrogens with zero attached hydrogens (tertiary/aromatic N) is 1. The lowest BCUT2D eigenvalue weighted by molar-refractivity contribution is -0.150. The van der Waals surface area contributed by atoms with Crippen molar-refractivity contribution in [1.82, 2.24) is 4.90 Å². The molecule has 0 saturated carbocycles. The number of aliphatic hydroxyl groups excluding tert-OH is 1. The number of β-amino-alcohol motifs (C(OH)–C–C–N with tert-alkyl or cyclic N) is 1. The molecule has 1 aliphatic heterocycles. The van der Waals surface area contributed by atoms with Crippen LogP contribution in [0.4, 0.5) is 0 Å². The summed E-state index contributed by atoms with van der Waals surface area (Å²) in [6, 6.07) is 10.0. The normalized spacial score (nSPS) is 16.8. The first-order valence-corrected chi connectivity index (χ1v) is 6.00. The van der Waals surface area contributed by atoms with Gasteiger partial charge < -0.3 is 10.0 Å². The second-order valence-electron chi connectivity index (χ2n) is 5.41. The highest BCUT2D eigenvalue weighted by Gasteiger charge is 2.37. The van der Waals surface area contributed by atoms with Crippen molar-refractivity contribution >= 4 is 5.91 Å². The topological polar surface area (TPSA) is 40.5 Å². The van der Waals surface area contributed by atoms with Crippen LogP contribution in [0, 0.1) is 5.41 Å². The van der Waals surface area contributed by atoms with Gasteiger partial charge in [-0.1, -0.05) is 44.2 Å². The molecule has 1 aromatic rings. The molecule has 0 spiro atoms. The number of aliphatic hydroxyl groups is 1.